The Balaban J connectivity index is 2.69. The Morgan fingerprint density at radius 3 is 3.00 bits per heavy atom. The highest BCUT2D eigenvalue weighted by molar-refractivity contribution is 5.81. The molecule has 2 nitrogen and oxygen atoms in total. The van der Waals surface area contributed by atoms with E-state index in [1.165, 1.54) is 0 Å². The fraction of sp³-hybridized carbons (Fsp3) is 0.0909. The van der Waals surface area contributed by atoms with E-state index >= 15 is 0 Å². The normalized spacial score (nSPS) is 10.2. The Bertz CT molecular complexity index is 460. The fourth-order valence-corrected chi connectivity index (χ4v) is 1.24. The van der Waals surface area contributed by atoms with Gasteiger partial charge in [-0.15, -0.1) is 0 Å². The molecule has 2 aromatic rings. The lowest BCUT2D eigenvalue weighted by Crippen LogP contribution is -1.83. The highest BCUT2D eigenvalue weighted by atomic mass is 14.8. The van der Waals surface area contributed by atoms with Gasteiger partial charge in [-0.25, -0.2) is 9.97 Å². The van der Waals surface area contributed by atoms with Gasteiger partial charge in [-0.3, -0.25) is 0 Å². The van der Waals surface area contributed by atoms with Gasteiger partial charge < -0.3 is 0 Å². The van der Waals surface area contributed by atoms with E-state index in [0.29, 0.717) is 0 Å². The summed E-state index contributed by atoms with van der Waals surface area (Å²) in [4.78, 5) is 8.13. The lowest BCUT2D eigenvalue weighted by molar-refractivity contribution is 1.22. The molecule has 1 heterocycles. The Labute approximate surface area is 77.0 Å². The van der Waals surface area contributed by atoms with E-state index in [9.17, 15) is 0 Å². The minimum Gasteiger partial charge on any atom is -0.244 e. The zero-order chi connectivity index (χ0) is 9.26. The number of fused-ring (bicyclic) bond motifs is 1. The van der Waals surface area contributed by atoms with Crippen LogP contribution < -0.4 is 0 Å². The van der Waals surface area contributed by atoms with E-state index in [0.717, 1.165) is 22.0 Å². The SMILES string of the molecule is C=C(C)c1ccc2cncnc2c1. The Hall–Kier alpha value is -1.70. The molecule has 0 amide bonds. The second-order valence-corrected chi connectivity index (χ2v) is 3.08. The molecule has 0 atom stereocenters. The summed E-state index contributed by atoms with van der Waals surface area (Å²) in [7, 11) is 0. The third-order valence-corrected chi connectivity index (χ3v) is 2.00. The topological polar surface area (TPSA) is 25.8 Å². The van der Waals surface area contributed by atoms with Crippen LogP contribution in [0, 0.1) is 0 Å². The molecular formula is C11H10N2. The van der Waals surface area contributed by atoms with Gasteiger partial charge in [0.05, 0.1) is 5.52 Å². The Kier molecular flexibility index (Phi) is 1.81. The number of nitrogens with zero attached hydrogens (tertiary/aromatic N) is 2. The molecule has 0 aliphatic rings. The fourth-order valence-electron chi connectivity index (χ4n) is 1.24. The van der Waals surface area contributed by atoms with Crippen molar-refractivity contribution in [1.29, 1.82) is 0 Å². The summed E-state index contributed by atoms with van der Waals surface area (Å²) < 4.78 is 0. The number of aromatic nitrogens is 2. The Morgan fingerprint density at radius 1 is 1.38 bits per heavy atom. The molecule has 0 aliphatic carbocycles. The predicted molar refractivity (Wildman–Crippen MR) is 54.2 cm³/mol. The van der Waals surface area contributed by atoms with E-state index in [4.69, 9.17) is 0 Å². The summed E-state index contributed by atoms with van der Waals surface area (Å²) in [5, 5.41) is 1.06. The maximum absolute atomic E-state index is 4.17. The van der Waals surface area contributed by atoms with Crippen molar-refractivity contribution in [2.24, 2.45) is 0 Å². The first-order valence-electron chi connectivity index (χ1n) is 4.13. The van der Waals surface area contributed by atoms with Crippen LogP contribution >= 0.6 is 0 Å². The molecule has 0 bridgehead atoms. The number of allylic oxidation sites excluding steroid dienone is 1. The van der Waals surface area contributed by atoms with Crippen LogP contribution in [-0.4, -0.2) is 9.97 Å². The monoisotopic (exact) mass is 170 g/mol. The molecule has 64 valence electrons. The van der Waals surface area contributed by atoms with Crippen LogP contribution in [0.5, 0.6) is 0 Å². The molecule has 0 radical (unpaired) electrons. The largest absolute Gasteiger partial charge is 0.244 e. The van der Waals surface area contributed by atoms with Gasteiger partial charge in [-0.1, -0.05) is 24.3 Å². The van der Waals surface area contributed by atoms with Gasteiger partial charge in [0.15, 0.2) is 0 Å². The first-order valence-corrected chi connectivity index (χ1v) is 4.13. The maximum atomic E-state index is 4.17. The predicted octanol–water partition coefficient (Wildman–Crippen LogP) is 2.66. The molecule has 0 aliphatic heterocycles. The highest BCUT2D eigenvalue weighted by Gasteiger charge is 1.96. The van der Waals surface area contributed by atoms with Crippen LogP contribution in [0.15, 0.2) is 37.3 Å². The van der Waals surface area contributed by atoms with E-state index in [1.54, 1.807) is 6.33 Å². The van der Waals surface area contributed by atoms with Crippen LogP contribution in [-0.2, 0) is 0 Å². The standard InChI is InChI=1S/C11H10N2/c1-8(2)9-3-4-10-6-12-7-13-11(10)5-9/h3-7H,1H2,2H3. The van der Waals surface area contributed by atoms with Crippen molar-refractivity contribution in [2.75, 3.05) is 0 Å². The molecule has 0 unspecified atom stereocenters. The van der Waals surface area contributed by atoms with Crippen LogP contribution in [0.1, 0.15) is 12.5 Å². The third kappa shape index (κ3) is 1.43. The van der Waals surface area contributed by atoms with Gasteiger partial charge in [-0.05, 0) is 18.6 Å². The number of benzene rings is 1. The Morgan fingerprint density at radius 2 is 2.23 bits per heavy atom. The summed E-state index contributed by atoms with van der Waals surface area (Å²) in [6, 6.07) is 6.08. The summed E-state index contributed by atoms with van der Waals surface area (Å²) in [5.41, 5.74) is 3.15. The van der Waals surface area contributed by atoms with E-state index in [-0.39, 0.29) is 0 Å². The number of rotatable bonds is 1. The van der Waals surface area contributed by atoms with Crippen molar-refractivity contribution in [2.45, 2.75) is 6.92 Å². The second kappa shape index (κ2) is 2.98. The molecule has 0 fully saturated rings. The molecule has 1 aromatic carbocycles. The van der Waals surface area contributed by atoms with Crippen LogP contribution in [0.4, 0.5) is 0 Å². The van der Waals surface area contributed by atoms with Gasteiger partial charge in [0.1, 0.15) is 6.33 Å². The van der Waals surface area contributed by atoms with Crippen molar-refractivity contribution < 1.29 is 0 Å². The zero-order valence-electron chi connectivity index (χ0n) is 7.49. The van der Waals surface area contributed by atoms with E-state index in [2.05, 4.69) is 16.5 Å². The molecule has 0 spiro atoms. The van der Waals surface area contributed by atoms with Gasteiger partial charge >= 0.3 is 0 Å². The first kappa shape index (κ1) is 7.92. The van der Waals surface area contributed by atoms with Crippen molar-refractivity contribution in [3.05, 3.63) is 42.9 Å². The van der Waals surface area contributed by atoms with Crippen molar-refractivity contribution in [3.8, 4) is 0 Å². The maximum Gasteiger partial charge on any atom is 0.116 e. The van der Waals surface area contributed by atoms with Crippen LogP contribution in [0.3, 0.4) is 0 Å². The quantitative estimate of drug-likeness (QED) is 0.657. The highest BCUT2D eigenvalue weighted by Crippen LogP contribution is 2.17. The molecule has 0 N–H and O–H groups in total. The van der Waals surface area contributed by atoms with E-state index in [1.807, 2.05) is 31.3 Å². The minimum atomic E-state index is 0.968. The molecule has 1 aromatic heterocycles. The van der Waals surface area contributed by atoms with Crippen LogP contribution in [0.2, 0.25) is 0 Å². The van der Waals surface area contributed by atoms with Gasteiger partial charge in [0.25, 0.3) is 0 Å². The smallest absolute Gasteiger partial charge is 0.116 e. The molecule has 0 saturated heterocycles. The molecule has 2 heteroatoms. The van der Waals surface area contributed by atoms with Gasteiger partial charge in [0.2, 0.25) is 0 Å². The van der Waals surface area contributed by atoms with E-state index < -0.39 is 0 Å². The minimum absolute atomic E-state index is 0.968. The molecule has 2 rings (SSSR count). The van der Waals surface area contributed by atoms with Crippen molar-refractivity contribution in [1.82, 2.24) is 9.97 Å². The summed E-state index contributed by atoms with van der Waals surface area (Å²) >= 11 is 0. The molecule has 0 saturated carbocycles. The number of hydrogen-bond acceptors (Lipinski definition) is 2. The zero-order valence-corrected chi connectivity index (χ0v) is 7.49. The lowest BCUT2D eigenvalue weighted by Gasteiger charge is -2.00. The first-order chi connectivity index (χ1) is 6.27. The lowest BCUT2D eigenvalue weighted by atomic mass is 10.1. The average molecular weight is 170 g/mol. The second-order valence-electron chi connectivity index (χ2n) is 3.08. The molecule has 13 heavy (non-hydrogen) atoms. The molecular weight excluding hydrogens is 160 g/mol. The summed E-state index contributed by atoms with van der Waals surface area (Å²) in [6.45, 7) is 5.88. The number of hydrogen-bond donors (Lipinski definition) is 0. The third-order valence-electron chi connectivity index (χ3n) is 2.00. The van der Waals surface area contributed by atoms with Crippen molar-refractivity contribution >= 4 is 16.5 Å². The average Bonchev–Trinajstić information content (AvgIpc) is 2.17. The van der Waals surface area contributed by atoms with Crippen LogP contribution in [0.25, 0.3) is 16.5 Å². The summed E-state index contributed by atoms with van der Waals surface area (Å²) in [6.07, 6.45) is 3.37. The van der Waals surface area contributed by atoms with Gasteiger partial charge in [-0.2, -0.15) is 0 Å². The summed E-state index contributed by atoms with van der Waals surface area (Å²) in [5.74, 6) is 0. The van der Waals surface area contributed by atoms with Gasteiger partial charge in [0, 0.05) is 11.6 Å². The van der Waals surface area contributed by atoms with Crippen molar-refractivity contribution in [3.63, 3.8) is 0 Å².